The van der Waals surface area contributed by atoms with Gasteiger partial charge in [0.1, 0.15) is 5.82 Å². The standard InChI is InChI=1S/C23H28N6O2/c30-29(31)20-2-1-19-15-26-23(21(19)14-20)18-5-8-25-22(13-18)28-11-9-27(10-12-28)16-17-3-6-24-7-4-17/h1-2,5,8,13-14,17,24H,3-4,6-7,9-12,15-16H2. The van der Waals surface area contributed by atoms with Crippen LogP contribution in [0.15, 0.2) is 41.5 Å². The van der Waals surface area contributed by atoms with Crippen LogP contribution < -0.4 is 10.2 Å². The topological polar surface area (TPSA) is 86.9 Å². The molecule has 8 heteroatoms. The molecule has 162 valence electrons. The summed E-state index contributed by atoms with van der Waals surface area (Å²) < 4.78 is 0. The van der Waals surface area contributed by atoms with Crippen LogP contribution in [0.3, 0.4) is 0 Å². The highest BCUT2D eigenvalue weighted by Crippen LogP contribution is 2.28. The Hall–Kier alpha value is -2.84. The second-order valence-corrected chi connectivity index (χ2v) is 8.65. The molecule has 31 heavy (non-hydrogen) atoms. The monoisotopic (exact) mass is 420 g/mol. The molecule has 0 saturated carbocycles. The van der Waals surface area contributed by atoms with Crippen molar-refractivity contribution in [2.45, 2.75) is 19.4 Å². The Morgan fingerprint density at radius 1 is 1.10 bits per heavy atom. The van der Waals surface area contributed by atoms with E-state index in [4.69, 9.17) is 0 Å². The summed E-state index contributed by atoms with van der Waals surface area (Å²) in [5.41, 5.74) is 3.80. The van der Waals surface area contributed by atoms with Crippen molar-refractivity contribution in [3.8, 4) is 0 Å². The van der Waals surface area contributed by atoms with Crippen molar-refractivity contribution in [2.24, 2.45) is 10.9 Å². The van der Waals surface area contributed by atoms with E-state index in [-0.39, 0.29) is 10.6 Å². The number of fused-ring (bicyclic) bond motifs is 1. The lowest BCUT2D eigenvalue weighted by Gasteiger charge is -2.38. The van der Waals surface area contributed by atoms with Gasteiger partial charge in [-0.15, -0.1) is 0 Å². The number of hydrogen-bond donors (Lipinski definition) is 1. The van der Waals surface area contributed by atoms with Gasteiger partial charge < -0.3 is 10.2 Å². The first-order valence-electron chi connectivity index (χ1n) is 11.1. The summed E-state index contributed by atoms with van der Waals surface area (Å²) in [5, 5.41) is 14.6. The van der Waals surface area contributed by atoms with Gasteiger partial charge in [0, 0.05) is 62.2 Å². The van der Waals surface area contributed by atoms with Crippen molar-refractivity contribution >= 4 is 17.2 Å². The molecule has 0 radical (unpaired) electrons. The fourth-order valence-corrected chi connectivity index (χ4v) is 4.86. The lowest BCUT2D eigenvalue weighted by molar-refractivity contribution is -0.384. The summed E-state index contributed by atoms with van der Waals surface area (Å²) in [5.74, 6) is 1.78. The van der Waals surface area contributed by atoms with Crippen LogP contribution in [-0.4, -0.2) is 66.3 Å². The van der Waals surface area contributed by atoms with Gasteiger partial charge in [0.05, 0.1) is 17.2 Å². The lowest BCUT2D eigenvalue weighted by Crippen LogP contribution is -2.48. The molecule has 1 aromatic heterocycles. The first kappa shape index (κ1) is 20.1. The highest BCUT2D eigenvalue weighted by molar-refractivity contribution is 6.15. The van der Waals surface area contributed by atoms with Gasteiger partial charge in [-0.1, -0.05) is 0 Å². The molecule has 0 amide bonds. The number of benzene rings is 1. The van der Waals surface area contributed by atoms with E-state index in [0.717, 1.165) is 73.4 Å². The third-order valence-corrected chi connectivity index (χ3v) is 6.66. The molecule has 5 rings (SSSR count). The van der Waals surface area contributed by atoms with Gasteiger partial charge in [0.15, 0.2) is 0 Å². The predicted molar refractivity (Wildman–Crippen MR) is 121 cm³/mol. The minimum Gasteiger partial charge on any atom is -0.354 e. The van der Waals surface area contributed by atoms with E-state index in [1.807, 2.05) is 18.3 Å². The number of aliphatic imine (C=N–C) groups is 1. The van der Waals surface area contributed by atoms with Crippen molar-refractivity contribution in [1.29, 1.82) is 0 Å². The Morgan fingerprint density at radius 3 is 2.68 bits per heavy atom. The van der Waals surface area contributed by atoms with Gasteiger partial charge in [0.2, 0.25) is 0 Å². The number of nitro groups is 1. The third-order valence-electron chi connectivity index (χ3n) is 6.66. The van der Waals surface area contributed by atoms with Gasteiger partial charge in [-0.3, -0.25) is 20.0 Å². The van der Waals surface area contributed by atoms with E-state index in [2.05, 4.69) is 31.2 Å². The Labute approximate surface area is 182 Å². The maximum absolute atomic E-state index is 11.2. The van der Waals surface area contributed by atoms with Gasteiger partial charge in [-0.2, -0.15) is 0 Å². The van der Waals surface area contributed by atoms with Crippen LogP contribution in [-0.2, 0) is 6.54 Å². The second kappa shape index (κ2) is 8.72. The molecule has 0 spiro atoms. The van der Waals surface area contributed by atoms with Gasteiger partial charge >= 0.3 is 0 Å². The van der Waals surface area contributed by atoms with Crippen LogP contribution in [0.1, 0.15) is 29.5 Å². The first-order valence-corrected chi connectivity index (χ1v) is 11.1. The average Bonchev–Trinajstić information content (AvgIpc) is 3.24. The molecule has 0 atom stereocenters. The number of aromatic nitrogens is 1. The molecule has 0 aliphatic carbocycles. The zero-order valence-electron chi connectivity index (χ0n) is 17.7. The van der Waals surface area contributed by atoms with Gasteiger partial charge in [0.25, 0.3) is 5.69 Å². The molecule has 2 fully saturated rings. The van der Waals surface area contributed by atoms with Crippen LogP contribution in [0, 0.1) is 16.0 Å². The molecular weight excluding hydrogens is 392 g/mol. The highest BCUT2D eigenvalue weighted by atomic mass is 16.6. The molecule has 3 aliphatic heterocycles. The van der Waals surface area contributed by atoms with Crippen molar-refractivity contribution < 1.29 is 4.92 Å². The summed E-state index contributed by atoms with van der Waals surface area (Å²) in [4.78, 5) is 25.1. The number of non-ortho nitro benzene ring substituents is 1. The quantitative estimate of drug-likeness (QED) is 0.591. The number of hydrogen-bond acceptors (Lipinski definition) is 7. The highest BCUT2D eigenvalue weighted by Gasteiger charge is 2.24. The van der Waals surface area contributed by atoms with E-state index < -0.39 is 0 Å². The van der Waals surface area contributed by atoms with Crippen LogP contribution in [0.5, 0.6) is 0 Å². The first-order chi connectivity index (χ1) is 15.2. The summed E-state index contributed by atoms with van der Waals surface area (Å²) >= 11 is 0. The average molecular weight is 421 g/mol. The van der Waals surface area contributed by atoms with Gasteiger partial charge in [-0.05, 0) is 55.6 Å². The minimum atomic E-state index is -0.350. The normalized spacial score (nSPS) is 19.9. The number of piperazine rings is 1. The predicted octanol–water partition coefficient (Wildman–Crippen LogP) is 2.46. The van der Waals surface area contributed by atoms with Crippen molar-refractivity contribution in [3.05, 3.63) is 63.3 Å². The third kappa shape index (κ3) is 4.31. The number of rotatable bonds is 5. The van der Waals surface area contributed by atoms with Crippen LogP contribution in [0.4, 0.5) is 11.5 Å². The largest absolute Gasteiger partial charge is 0.354 e. The van der Waals surface area contributed by atoms with E-state index >= 15 is 0 Å². The molecule has 2 aromatic rings. The van der Waals surface area contributed by atoms with Crippen molar-refractivity contribution in [3.63, 3.8) is 0 Å². The van der Waals surface area contributed by atoms with E-state index in [0.29, 0.717) is 6.54 Å². The number of pyridine rings is 1. The number of piperidine rings is 1. The molecule has 8 nitrogen and oxygen atoms in total. The molecule has 2 saturated heterocycles. The van der Waals surface area contributed by atoms with Crippen LogP contribution >= 0.6 is 0 Å². The van der Waals surface area contributed by atoms with Gasteiger partial charge in [-0.25, -0.2) is 4.98 Å². The molecule has 0 bridgehead atoms. The second-order valence-electron chi connectivity index (χ2n) is 8.65. The minimum absolute atomic E-state index is 0.104. The summed E-state index contributed by atoms with van der Waals surface area (Å²) in [6, 6.07) is 9.03. The van der Waals surface area contributed by atoms with E-state index in [9.17, 15) is 10.1 Å². The maximum atomic E-state index is 11.2. The maximum Gasteiger partial charge on any atom is 0.270 e. The van der Waals surface area contributed by atoms with Crippen molar-refractivity contribution in [2.75, 3.05) is 50.7 Å². The Balaban J connectivity index is 1.27. The molecule has 4 heterocycles. The van der Waals surface area contributed by atoms with E-state index in [1.165, 1.54) is 19.4 Å². The SMILES string of the molecule is O=[N+]([O-])c1ccc2c(c1)C(c1ccnc(N3CCN(CC4CCNCC4)CC3)c1)=NC2. The zero-order valence-corrected chi connectivity index (χ0v) is 17.7. The number of anilines is 1. The fourth-order valence-electron chi connectivity index (χ4n) is 4.86. The Kier molecular flexibility index (Phi) is 5.65. The molecule has 0 unspecified atom stereocenters. The number of nitrogens with one attached hydrogen (secondary N) is 1. The molecular formula is C23H28N6O2. The van der Waals surface area contributed by atoms with Crippen molar-refractivity contribution in [1.82, 2.24) is 15.2 Å². The molecule has 3 aliphatic rings. The van der Waals surface area contributed by atoms with Crippen LogP contribution in [0.2, 0.25) is 0 Å². The van der Waals surface area contributed by atoms with E-state index in [1.54, 1.807) is 12.1 Å². The molecule has 1 aromatic carbocycles. The zero-order chi connectivity index (χ0) is 21.2. The lowest BCUT2D eigenvalue weighted by atomic mass is 9.97. The van der Waals surface area contributed by atoms with Crippen LogP contribution in [0.25, 0.3) is 0 Å². The summed E-state index contributed by atoms with van der Waals surface area (Å²) in [6.45, 7) is 8.13. The molecule has 1 N–H and O–H groups in total. The Morgan fingerprint density at radius 2 is 1.90 bits per heavy atom. The smallest absolute Gasteiger partial charge is 0.270 e. The fraction of sp³-hybridized carbons (Fsp3) is 0.478. The Bertz CT molecular complexity index is 993. The number of nitrogens with zero attached hydrogens (tertiary/aromatic N) is 5. The number of nitro benzene ring substituents is 1. The summed E-state index contributed by atoms with van der Waals surface area (Å²) in [6.07, 6.45) is 4.39. The summed E-state index contributed by atoms with van der Waals surface area (Å²) in [7, 11) is 0.